The minimum absolute atomic E-state index is 0.199. The number of rotatable bonds is 9. The van der Waals surface area contributed by atoms with Crippen LogP contribution in [0.5, 0.6) is 0 Å². The minimum Gasteiger partial charge on any atom is -0.388 e. The van der Waals surface area contributed by atoms with Crippen molar-refractivity contribution in [2.45, 2.75) is 45.6 Å². The maximum absolute atomic E-state index is 12.7. The van der Waals surface area contributed by atoms with Gasteiger partial charge in [-0.05, 0) is 50.2 Å². The Morgan fingerprint density at radius 2 is 2.00 bits per heavy atom. The molecule has 1 fully saturated rings. The van der Waals surface area contributed by atoms with Crippen LogP contribution in [0.2, 0.25) is 5.02 Å². The van der Waals surface area contributed by atoms with Crippen molar-refractivity contribution >= 4 is 23.3 Å². The van der Waals surface area contributed by atoms with Gasteiger partial charge >= 0.3 is 0 Å². The number of hydrogen-bond donors (Lipinski definition) is 2. The molecule has 1 heterocycles. The second-order valence-corrected chi connectivity index (χ2v) is 9.29. The standard InChI is InChI=1S/C23H31ClN4O2/c1-15(2)11-12-28(4)21-20(16-5-9-18(24)10-6-16)27-19(13-25-21)22(29)26-14-23(3,30)17-7-8-17/h5-6,9-10,13,15,17,30H,7-8,11-12,14H2,1-4H3,(H,26,29)/t23-/m0/s1. The van der Waals surface area contributed by atoms with Crippen LogP contribution in [0.25, 0.3) is 11.3 Å². The molecule has 0 aliphatic heterocycles. The molecule has 1 aromatic heterocycles. The number of carbonyl (C=O) groups excluding carboxylic acids is 1. The molecule has 6 nitrogen and oxygen atoms in total. The summed E-state index contributed by atoms with van der Waals surface area (Å²) in [5, 5.41) is 13.9. The van der Waals surface area contributed by atoms with E-state index >= 15 is 0 Å². The van der Waals surface area contributed by atoms with E-state index in [9.17, 15) is 9.90 Å². The molecule has 1 aliphatic rings. The molecule has 7 heteroatoms. The van der Waals surface area contributed by atoms with Gasteiger partial charge in [-0.2, -0.15) is 0 Å². The molecule has 3 rings (SSSR count). The Hall–Kier alpha value is -2.18. The van der Waals surface area contributed by atoms with Crippen molar-refractivity contribution in [1.29, 1.82) is 0 Å². The number of benzene rings is 1. The summed E-state index contributed by atoms with van der Waals surface area (Å²) in [6.45, 7) is 7.17. The van der Waals surface area contributed by atoms with Gasteiger partial charge < -0.3 is 15.3 Å². The quantitative estimate of drug-likeness (QED) is 0.624. The maximum Gasteiger partial charge on any atom is 0.271 e. The molecule has 0 bridgehead atoms. The van der Waals surface area contributed by atoms with Gasteiger partial charge in [-0.15, -0.1) is 0 Å². The van der Waals surface area contributed by atoms with Crippen molar-refractivity contribution in [1.82, 2.24) is 15.3 Å². The highest BCUT2D eigenvalue weighted by Crippen LogP contribution is 2.39. The van der Waals surface area contributed by atoms with Crippen molar-refractivity contribution in [3.63, 3.8) is 0 Å². The molecule has 0 radical (unpaired) electrons. The van der Waals surface area contributed by atoms with Crippen LogP contribution in [-0.4, -0.2) is 46.7 Å². The predicted octanol–water partition coefficient (Wildman–Crippen LogP) is 4.17. The average Bonchev–Trinajstić information content (AvgIpc) is 3.56. The lowest BCUT2D eigenvalue weighted by Crippen LogP contribution is -2.42. The first-order chi connectivity index (χ1) is 14.2. The predicted molar refractivity (Wildman–Crippen MR) is 121 cm³/mol. The van der Waals surface area contributed by atoms with Gasteiger partial charge in [-0.25, -0.2) is 9.97 Å². The molecular weight excluding hydrogens is 400 g/mol. The Bertz CT molecular complexity index is 879. The summed E-state index contributed by atoms with van der Waals surface area (Å²) >= 11 is 6.05. The first-order valence-electron chi connectivity index (χ1n) is 10.5. The zero-order valence-electron chi connectivity index (χ0n) is 18.2. The first-order valence-corrected chi connectivity index (χ1v) is 10.9. The van der Waals surface area contributed by atoms with E-state index in [1.54, 1.807) is 19.1 Å². The number of nitrogens with one attached hydrogen (secondary N) is 1. The highest BCUT2D eigenvalue weighted by Gasteiger charge is 2.40. The highest BCUT2D eigenvalue weighted by atomic mass is 35.5. The number of nitrogens with zero attached hydrogens (tertiary/aromatic N) is 3. The number of hydrogen-bond acceptors (Lipinski definition) is 5. The monoisotopic (exact) mass is 430 g/mol. The van der Waals surface area contributed by atoms with E-state index in [4.69, 9.17) is 11.6 Å². The van der Waals surface area contributed by atoms with Crippen LogP contribution >= 0.6 is 11.6 Å². The molecule has 0 spiro atoms. The van der Waals surface area contributed by atoms with Crippen LogP contribution in [0, 0.1) is 11.8 Å². The fourth-order valence-electron chi connectivity index (χ4n) is 3.33. The Balaban J connectivity index is 1.85. The number of carbonyl (C=O) groups is 1. The molecular formula is C23H31ClN4O2. The maximum atomic E-state index is 12.7. The van der Waals surface area contributed by atoms with Crippen molar-refractivity contribution in [3.8, 4) is 11.3 Å². The number of halogens is 1. The van der Waals surface area contributed by atoms with Gasteiger partial charge in [0.25, 0.3) is 5.91 Å². The summed E-state index contributed by atoms with van der Waals surface area (Å²) in [4.78, 5) is 24.0. The molecule has 1 atom stereocenters. The average molecular weight is 431 g/mol. The van der Waals surface area contributed by atoms with Crippen LogP contribution < -0.4 is 10.2 Å². The van der Waals surface area contributed by atoms with E-state index < -0.39 is 5.60 Å². The lowest BCUT2D eigenvalue weighted by atomic mass is 10.0. The van der Waals surface area contributed by atoms with E-state index in [1.807, 2.05) is 19.2 Å². The third-order valence-electron chi connectivity index (χ3n) is 5.57. The van der Waals surface area contributed by atoms with Crippen molar-refractivity contribution in [2.75, 3.05) is 25.0 Å². The lowest BCUT2D eigenvalue weighted by molar-refractivity contribution is 0.0353. The van der Waals surface area contributed by atoms with Crippen LogP contribution in [0.4, 0.5) is 5.82 Å². The molecule has 162 valence electrons. The van der Waals surface area contributed by atoms with Gasteiger partial charge in [0.2, 0.25) is 0 Å². The molecule has 2 N–H and O–H groups in total. The zero-order valence-corrected chi connectivity index (χ0v) is 18.9. The van der Waals surface area contributed by atoms with E-state index in [0.29, 0.717) is 16.6 Å². The number of aromatic nitrogens is 2. The van der Waals surface area contributed by atoms with Gasteiger partial charge in [-0.3, -0.25) is 4.79 Å². The van der Waals surface area contributed by atoms with Gasteiger partial charge in [0.1, 0.15) is 11.4 Å². The summed E-state index contributed by atoms with van der Waals surface area (Å²) in [6, 6.07) is 7.36. The summed E-state index contributed by atoms with van der Waals surface area (Å²) in [5.74, 6) is 1.21. The van der Waals surface area contributed by atoms with Gasteiger partial charge in [-0.1, -0.05) is 37.6 Å². The van der Waals surface area contributed by atoms with Gasteiger partial charge in [0, 0.05) is 30.7 Å². The summed E-state index contributed by atoms with van der Waals surface area (Å²) in [5.41, 5.74) is 0.823. The van der Waals surface area contributed by atoms with E-state index in [0.717, 1.165) is 37.2 Å². The Labute approximate surface area is 183 Å². The summed E-state index contributed by atoms with van der Waals surface area (Å²) in [6.07, 6.45) is 4.53. The van der Waals surface area contributed by atoms with Crippen molar-refractivity contribution in [2.24, 2.45) is 11.8 Å². The summed E-state index contributed by atoms with van der Waals surface area (Å²) < 4.78 is 0. The van der Waals surface area contributed by atoms with E-state index in [1.165, 1.54) is 6.20 Å². The Kier molecular flexibility index (Phi) is 6.98. The first kappa shape index (κ1) is 22.5. The molecule has 1 saturated carbocycles. The zero-order chi connectivity index (χ0) is 21.9. The normalized spacial score (nSPS) is 15.7. The molecule has 2 aromatic rings. The second kappa shape index (κ2) is 9.31. The number of amides is 1. The molecule has 30 heavy (non-hydrogen) atoms. The lowest BCUT2D eigenvalue weighted by Gasteiger charge is -2.24. The second-order valence-electron chi connectivity index (χ2n) is 8.85. The fourth-order valence-corrected chi connectivity index (χ4v) is 3.46. The number of aliphatic hydroxyl groups is 1. The van der Waals surface area contributed by atoms with Crippen LogP contribution in [0.1, 0.15) is 50.5 Å². The molecule has 1 aliphatic carbocycles. The third-order valence-corrected chi connectivity index (χ3v) is 5.82. The topological polar surface area (TPSA) is 78.4 Å². The summed E-state index contributed by atoms with van der Waals surface area (Å²) in [7, 11) is 1.98. The van der Waals surface area contributed by atoms with E-state index in [2.05, 4.69) is 34.0 Å². The largest absolute Gasteiger partial charge is 0.388 e. The molecule has 0 saturated heterocycles. The fraction of sp³-hybridized carbons (Fsp3) is 0.522. The van der Waals surface area contributed by atoms with Gasteiger partial charge in [0.15, 0.2) is 5.82 Å². The van der Waals surface area contributed by atoms with Crippen LogP contribution in [0.3, 0.4) is 0 Å². The van der Waals surface area contributed by atoms with E-state index in [-0.39, 0.29) is 24.1 Å². The highest BCUT2D eigenvalue weighted by molar-refractivity contribution is 6.30. The Morgan fingerprint density at radius 3 is 2.60 bits per heavy atom. The Morgan fingerprint density at radius 1 is 1.33 bits per heavy atom. The molecule has 0 unspecified atom stereocenters. The van der Waals surface area contributed by atoms with Gasteiger partial charge in [0.05, 0.1) is 11.8 Å². The minimum atomic E-state index is -0.890. The number of anilines is 1. The van der Waals surface area contributed by atoms with Crippen molar-refractivity contribution < 1.29 is 9.90 Å². The van der Waals surface area contributed by atoms with Crippen LogP contribution in [-0.2, 0) is 0 Å². The molecule has 1 aromatic carbocycles. The van der Waals surface area contributed by atoms with Crippen LogP contribution in [0.15, 0.2) is 30.5 Å². The third kappa shape index (κ3) is 5.70. The smallest absolute Gasteiger partial charge is 0.271 e. The van der Waals surface area contributed by atoms with Crippen molar-refractivity contribution in [3.05, 3.63) is 41.2 Å². The SMILES string of the molecule is CC(C)CCN(C)c1ncc(C(=O)NC[C@](C)(O)C2CC2)nc1-c1ccc(Cl)cc1. The molecule has 1 amide bonds.